The van der Waals surface area contributed by atoms with Gasteiger partial charge in [0.2, 0.25) is 17.7 Å². The number of imide groups is 1. The molecule has 1 aliphatic heterocycles. The van der Waals surface area contributed by atoms with E-state index < -0.39 is 6.04 Å². The summed E-state index contributed by atoms with van der Waals surface area (Å²) < 4.78 is 0. The lowest BCUT2D eigenvalue weighted by Gasteiger charge is -2.19. The van der Waals surface area contributed by atoms with Crippen LogP contribution in [0.3, 0.4) is 0 Å². The lowest BCUT2D eigenvalue weighted by molar-refractivity contribution is -0.138. The maximum atomic E-state index is 11.7. The van der Waals surface area contributed by atoms with Crippen LogP contribution in [0.1, 0.15) is 33.1 Å². The predicted octanol–water partition coefficient (Wildman–Crippen LogP) is 0.0468. The highest BCUT2D eigenvalue weighted by Gasteiger charge is 2.28. The molecule has 3 amide bonds. The monoisotopic (exact) mass is 291 g/mol. The van der Waals surface area contributed by atoms with Gasteiger partial charge in [-0.1, -0.05) is 20.3 Å². The van der Waals surface area contributed by atoms with Crippen LogP contribution in [0.5, 0.6) is 0 Å². The third-order valence-electron chi connectivity index (χ3n) is 3.35. The van der Waals surface area contributed by atoms with Gasteiger partial charge >= 0.3 is 0 Å². The Hall–Kier alpha value is -1.14. The largest absolute Gasteiger partial charge is 0.353 e. The minimum absolute atomic E-state index is 0. The first-order valence-corrected chi connectivity index (χ1v) is 6.33. The summed E-state index contributed by atoms with van der Waals surface area (Å²) in [6.07, 6.45) is 1.38. The Morgan fingerprint density at radius 2 is 1.89 bits per heavy atom. The van der Waals surface area contributed by atoms with Crippen molar-refractivity contribution < 1.29 is 14.4 Å². The molecule has 1 fully saturated rings. The molecule has 0 saturated carbocycles. The zero-order valence-electron chi connectivity index (χ0n) is 11.3. The van der Waals surface area contributed by atoms with Crippen molar-refractivity contribution in [1.82, 2.24) is 10.2 Å². The van der Waals surface area contributed by atoms with Gasteiger partial charge in [-0.3, -0.25) is 19.3 Å². The van der Waals surface area contributed by atoms with Gasteiger partial charge in [-0.25, -0.2) is 0 Å². The molecule has 1 saturated heterocycles. The standard InChI is InChI=1S/C12H21N3O3.ClH/c1-3-8(2)11(13)12(18)14-6-7-15-9(16)4-5-10(15)17;/h8,11H,3-7,13H2,1-2H3,(H,14,18);1H. The van der Waals surface area contributed by atoms with Crippen molar-refractivity contribution in [2.24, 2.45) is 11.7 Å². The maximum Gasteiger partial charge on any atom is 0.237 e. The second-order valence-electron chi connectivity index (χ2n) is 4.64. The van der Waals surface area contributed by atoms with Crippen LogP contribution in [0.2, 0.25) is 0 Å². The van der Waals surface area contributed by atoms with E-state index in [9.17, 15) is 14.4 Å². The molecule has 1 aliphatic rings. The Balaban J connectivity index is 0.00000324. The van der Waals surface area contributed by atoms with E-state index in [1.54, 1.807) is 0 Å². The van der Waals surface area contributed by atoms with Crippen molar-refractivity contribution in [3.05, 3.63) is 0 Å². The third kappa shape index (κ3) is 4.80. The fourth-order valence-corrected chi connectivity index (χ4v) is 1.79. The molecule has 1 rings (SSSR count). The number of rotatable bonds is 6. The molecule has 0 bridgehead atoms. The molecule has 0 aromatic rings. The molecule has 0 aromatic carbocycles. The van der Waals surface area contributed by atoms with E-state index in [0.717, 1.165) is 6.42 Å². The van der Waals surface area contributed by atoms with Gasteiger partial charge in [0.25, 0.3) is 0 Å². The molecule has 0 spiro atoms. The maximum absolute atomic E-state index is 11.7. The second-order valence-corrected chi connectivity index (χ2v) is 4.64. The van der Waals surface area contributed by atoms with Crippen LogP contribution in [0.15, 0.2) is 0 Å². The number of amides is 3. The van der Waals surface area contributed by atoms with E-state index in [4.69, 9.17) is 5.73 Å². The van der Waals surface area contributed by atoms with Gasteiger partial charge in [-0.05, 0) is 5.92 Å². The van der Waals surface area contributed by atoms with Crippen LogP contribution in [0.25, 0.3) is 0 Å². The van der Waals surface area contributed by atoms with Crippen LogP contribution in [-0.2, 0) is 14.4 Å². The number of halogens is 1. The van der Waals surface area contributed by atoms with Gasteiger partial charge in [-0.15, -0.1) is 12.4 Å². The summed E-state index contributed by atoms with van der Waals surface area (Å²) >= 11 is 0. The first kappa shape index (κ1) is 17.9. The Kier molecular flexibility index (Phi) is 7.63. The molecular formula is C12H22ClN3O3. The van der Waals surface area contributed by atoms with Gasteiger partial charge in [0.15, 0.2) is 0 Å². The fraction of sp³-hybridized carbons (Fsp3) is 0.750. The van der Waals surface area contributed by atoms with Gasteiger partial charge in [-0.2, -0.15) is 0 Å². The number of nitrogens with zero attached hydrogens (tertiary/aromatic N) is 1. The zero-order chi connectivity index (χ0) is 13.7. The quantitative estimate of drug-likeness (QED) is 0.676. The van der Waals surface area contributed by atoms with Crippen LogP contribution in [0, 0.1) is 5.92 Å². The molecular weight excluding hydrogens is 270 g/mol. The number of nitrogens with two attached hydrogens (primary N) is 1. The lowest BCUT2D eigenvalue weighted by atomic mass is 9.99. The Morgan fingerprint density at radius 3 is 2.37 bits per heavy atom. The van der Waals surface area contributed by atoms with Crippen LogP contribution < -0.4 is 11.1 Å². The number of carbonyl (C=O) groups is 3. The number of likely N-dealkylation sites (tertiary alicyclic amines) is 1. The van der Waals surface area contributed by atoms with E-state index in [2.05, 4.69) is 5.32 Å². The highest BCUT2D eigenvalue weighted by molar-refractivity contribution is 6.01. The molecule has 2 atom stereocenters. The second kappa shape index (κ2) is 8.12. The van der Waals surface area contributed by atoms with E-state index in [1.165, 1.54) is 4.90 Å². The minimum Gasteiger partial charge on any atom is -0.353 e. The van der Waals surface area contributed by atoms with Gasteiger partial charge < -0.3 is 11.1 Å². The number of nitrogens with one attached hydrogen (secondary N) is 1. The normalized spacial score (nSPS) is 17.9. The topological polar surface area (TPSA) is 92.5 Å². The zero-order valence-corrected chi connectivity index (χ0v) is 12.2. The Morgan fingerprint density at radius 1 is 1.37 bits per heavy atom. The van der Waals surface area contributed by atoms with Gasteiger partial charge in [0, 0.05) is 25.9 Å². The van der Waals surface area contributed by atoms with Crippen molar-refractivity contribution in [2.75, 3.05) is 13.1 Å². The molecule has 1 heterocycles. The molecule has 6 nitrogen and oxygen atoms in total. The molecule has 0 radical (unpaired) electrons. The first-order valence-electron chi connectivity index (χ1n) is 6.33. The molecule has 2 unspecified atom stereocenters. The SMILES string of the molecule is CCC(C)C(N)C(=O)NCCN1C(=O)CCC1=O.Cl. The Bertz CT molecular complexity index is 333. The van der Waals surface area contributed by atoms with Crippen molar-refractivity contribution in [3.63, 3.8) is 0 Å². The molecule has 0 aromatic heterocycles. The molecule has 7 heteroatoms. The summed E-state index contributed by atoms with van der Waals surface area (Å²) in [6, 6.07) is -0.542. The highest BCUT2D eigenvalue weighted by Crippen LogP contribution is 2.10. The smallest absolute Gasteiger partial charge is 0.237 e. The number of carbonyl (C=O) groups excluding carboxylic acids is 3. The van der Waals surface area contributed by atoms with Crippen LogP contribution >= 0.6 is 12.4 Å². The minimum atomic E-state index is -0.542. The molecule has 3 N–H and O–H groups in total. The number of hydrogen-bond acceptors (Lipinski definition) is 4. The van der Waals surface area contributed by atoms with Gasteiger partial charge in [0.05, 0.1) is 6.04 Å². The van der Waals surface area contributed by atoms with Crippen molar-refractivity contribution in [3.8, 4) is 0 Å². The van der Waals surface area contributed by atoms with E-state index in [-0.39, 0.29) is 62.0 Å². The Labute approximate surface area is 119 Å². The summed E-state index contributed by atoms with van der Waals surface area (Å²) in [5.74, 6) is -0.454. The average Bonchev–Trinajstić information content (AvgIpc) is 2.68. The molecule has 0 aliphatic carbocycles. The van der Waals surface area contributed by atoms with E-state index >= 15 is 0 Å². The number of hydrogen-bond donors (Lipinski definition) is 2. The fourth-order valence-electron chi connectivity index (χ4n) is 1.79. The summed E-state index contributed by atoms with van der Waals surface area (Å²) in [4.78, 5) is 35.5. The average molecular weight is 292 g/mol. The lowest BCUT2D eigenvalue weighted by Crippen LogP contribution is -2.47. The van der Waals surface area contributed by atoms with Crippen molar-refractivity contribution in [2.45, 2.75) is 39.2 Å². The third-order valence-corrected chi connectivity index (χ3v) is 3.35. The van der Waals surface area contributed by atoms with Crippen molar-refractivity contribution in [1.29, 1.82) is 0 Å². The summed E-state index contributed by atoms with van der Waals surface area (Å²) in [5, 5.41) is 2.66. The van der Waals surface area contributed by atoms with Crippen molar-refractivity contribution >= 4 is 30.1 Å². The summed E-state index contributed by atoms with van der Waals surface area (Å²) in [7, 11) is 0. The molecule has 110 valence electrons. The van der Waals surface area contributed by atoms with Crippen LogP contribution in [0.4, 0.5) is 0 Å². The highest BCUT2D eigenvalue weighted by atomic mass is 35.5. The van der Waals surface area contributed by atoms with Crippen LogP contribution in [-0.4, -0.2) is 41.8 Å². The summed E-state index contributed by atoms with van der Waals surface area (Å²) in [5.41, 5.74) is 5.76. The van der Waals surface area contributed by atoms with E-state index in [1.807, 2.05) is 13.8 Å². The van der Waals surface area contributed by atoms with Gasteiger partial charge in [0.1, 0.15) is 0 Å². The first-order chi connectivity index (χ1) is 8.47. The predicted molar refractivity (Wildman–Crippen MR) is 73.6 cm³/mol. The summed E-state index contributed by atoms with van der Waals surface area (Å²) in [6.45, 7) is 4.38. The molecule has 19 heavy (non-hydrogen) atoms. The van der Waals surface area contributed by atoms with E-state index in [0.29, 0.717) is 0 Å².